The first-order chi connectivity index (χ1) is 7.47. The summed E-state index contributed by atoms with van der Waals surface area (Å²) in [4.78, 5) is 0. The van der Waals surface area contributed by atoms with Crippen molar-refractivity contribution in [3.05, 3.63) is 53.6 Å². The van der Waals surface area contributed by atoms with Crippen molar-refractivity contribution in [1.29, 1.82) is 0 Å². The topological polar surface area (TPSA) is 0 Å². The molecule has 0 bridgehead atoms. The molecule has 0 N–H and O–H groups in total. The summed E-state index contributed by atoms with van der Waals surface area (Å²) >= 11 is 0. The molecule has 0 amide bonds. The molecule has 0 fully saturated rings. The first-order valence-corrected chi connectivity index (χ1v) is 5.04. The Morgan fingerprint density at radius 2 is 1.69 bits per heavy atom. The van der Waals surface area contributed by atoms with Gasteiger partial charge < -0.3 is 0 Å². The molecule has 0 spiro atoms. The van der Waals surface area contributed by atoms with Crippen LogP contribution >= 0.6 is 0 Å². The number of allylic oxidation sites excluding steroid dienone is 4. The minimum absolute atomic E-state index is 0.359. The van der Waals surface area contributed by atoms with Crippen molar-refractivity contribution in [3.63, 3.8) is 0 Å². The Kier molecular flexibility index (Phi) is 2.62. The van der Waals surface area contributed by atoms with Crippen LogP contribution in [0.15, 0.2) is 42.5 Å². The van der Waals surface area contributed by atoms with Crippen LogP contribution in [0.25, 0.3) is 5.57 Å². The lowest BCUT2D eigenvalue weighted by Crippen LogP contribution is -2.04. The highest BCUT2D eigenvalue weighted by atomic mass is 19.4. The monoisotopic (exact) mass is 224 g/mol. The van der Waals surface area contributed by atoms with Gasteiger partial charge in [-0.15, -0.1) is 0 Å². The van der Waals surface area contributed by atoms with Crippen LogP contribution in [0.4, 0.5) is 13.2 Å². The lowest BCUT2D eigenvalue weighted by molar-refractivity contribution is -0.137. The highest BCUT2D eigenvalue weighted by Gasteiger charge is 2.30. The molecule has 1 aliphatic rings. The van der Waals surface area contributed by atoms with Gasteiger partial charge in [0.15, 0.2) is 0 Å². The third-order valence-electron chi connectivity index (χ3n) is 2.57. The van der Waals surface area contributed by atoms with Gasteiger partial charge in [0, 0.05) is 0 Å². The van der Waals surface area contributed by atoms with Crippen molar-refractivity contribution < 1.29 is 13.2 Å². The highest BCUT2D eigenvalue weighted by Crippen LogP contribution is 2.31. The third kappa shape index (κ3) is 2.18. The third-order valence-corrected chi connectivity index (χ3v) is 2.57. The standard InChI is InChI=1S/C13H11F3/c1-9-2-3-11(8-9)10-4-6-12(7-5-10)13(14,15)16/h2-9H,1H3. The molecule has 1 aliphatic carbocycles. The molecule has 0 saturated heterocycles. The van der Waals surface area contributed by atoms with Gasteiger partial charge in [0.25, 0.3) is 0 Å². The van der Waals surface area contributed by atoms with E-state index in [1.165, 1.54) is 12.1 Å². The normalized spacial score (nSPS) is 20.0. The zero-order chi connectivity index (χ0) is 11.8. The van der Waals surface area contributed by atoms with Crippen molar-refractivity contribution >= 4 is 5.57 Å². The van der Waals surface area contributed by atoms with E-state index in [1.807, 2.05) is 25.2 Å². The number of rotatable bonds is 1. The van der Waals surface area contributed by atoms with E-state index < -0.39 is 11.7 Å². The molecule has 1 aromatic carbocycles. The Labute approximate surface area is 92.1 Å². The first kappa shape index (κ1) is 11.0. The zero-order valence-electron chi connectivity index (χ0n) is 8.75. The zero-order valence-corrected chi connectivity index (χ0v) is 8.75. The Morgan fingerprint density at radius 1 is 1.06 bits per heavy atom. The lowest BCUT2D eigenvalue weighted by Gasteiger charge is -2.07. The predicted molar refractivity (Wildman–Crippen MR) is 57.7 cm³/mol. The fourth-order valence-corrected chi connectivity index (χ4v) is 1.69. The molecule has 0 aliphatic heterocycles. The minimum Gasteiger partial charge on any atom is -0.166 e. The van der Waals surface area contributed by atoms with E-state index in [1.54, 1.807) is 0 Å². The smallest absolute Gasteiger partial charge is 0.166 e. The van der Waals surface area contributed by atoms with Gasteiger partial charge in [-0.25, -0.2) is 0 Å². The summed E-state index contributed by atoms with van der Waals surface area (Å²) in [7, 11) is 0. The molecule has 0 saturated carbocycles. The van der Waals surface area contributed by atoms with Crippen LogP contribution in [0.1, 0.15) is 18.1 Å². The Bertz CT molecular complexity index is 435. The van der Waals surface area contributed by atoms with Crippen LogP contribution in [0.5, 0.6) is 0 Å². The molecule has 0 radical (unpaired) electrons. The summed E-state index contributed by atoms with van der Waals surface area (Å²) < 4.78 is 37.0. The van der Waals surface area contributed by atoms with Crippen molar-refractivity contribution in [1.82, 2.24) is 0 Å². The van der Waals surface area contributed by atoms with E-state index in [2.05, 4.69) is 0 Å². The summed E-state index contributed by atoms with van der Waals surface area (Å²) in [5.74, 6) is 0.359. The van der Waals surface area contributed by atoms with E-state index in [0.717, 1.165) is 23.3 Å². The molecular weight excluding hydrogens is 213 g/mol. The van der Waals surface area contributed by atoms with E-state index in [4.69, 9.17) is 0 Å². The number of alkyl halides is 3. The number of hydrogen-bond donors (Lipinski definition) is 0. The van der Waals surface area contributed by atoms with Gasteiger partial charge in [0.05, 0.1) is 5.56 Å². The molecule has 84 valence electrons. The van der Waals surface area contributed by atoms with Gasteiger partial charge in [-0.1, -0.05) is 37.3 Å². The Morgan fingerprint density at radius 3 is 2.12 bits per heavy atom. The minimum atomic E-state index is -4.26. The largest absolute Gasteiger partial charge is 0.416 e. The van der Waals surface area contributed by atoms with Gasteiger partial charge in [-0.2, -0.15) is 13.2 Å². The highest BCUT2D eigenvalue weighted by molar-refractivity contribution is 5.76. The van der Waals surface area contributed by atoms with E-state index >= 15 is 0 Å². The Balaban J connectivity index is 2.27. The van der Waals surface area contributed by atoms with E-state index in [-0.39, 0.29) is 0 Å². The Hall–Kier alpha value is -1.51. The number of halogens is 3. The molecule has 0 aromatic heterocycles. The summed E-state index contributed by atoms with van der Waals surface area (Å²) in [5, 5.41) is 0. The van der Waals surface area contributed by atoms with Crippen molar-refractivity contribution in [2.45, 2.75) is 13.1 Å². The van der Waals surface area contributed by atoms with Crippen LogP contribution in [-0.4, -0.2) is 0 Å². The molecule has 0 nitrogen and oxygen atoms in total. The maximum atomic E-state index is 12.3. The van der Waals surface area contributed by atoms with Gasteiger partial charge in [0.2, 0.25) is 0 Å². The second-order valence-electron chi connectivity index (χ2n) is 3.92. The quantitative estimate of drug-likeness (QED) is 0.667. The van der Waals surface area contributed by atoms with Gasteiger partial charge in [-0.05, 0) is 29.2 Å². The second-order valence-corrected chi connectivity index (χ2v) is 3.92. The first-order valence-electron chi connectivity index (χ1n) is 5.04. The van der Waals surface area contributed by atoms with Crippen LogP contribution in [0, 0.1) is 5.92 Å². The molecule has 1 atom stereocenters. The van der Waals surface area contributed by atoms with Crippen molar-refractivity contribution in [2.75, 3.05) is 0 Å². The summed E-state index contributed by atoms with van der Waals surface area (Å²) in [6.07, 6.45) is 1.73. The summed E-state index contributed by atoms with van der Waals surface area (Å²) in [5.41, 5.74) is 1.21. The second kappa shape index (κ2) is 3.81. The fraction of sp³-hybridized carbons (Fsp3) is 0.231. The summed E-state index contributed by atoms with van der Waals surface area (Å²) in [6, 6.07) is 5.26. The molecule has 1 aromatic rings. The molecular formula is C13H11F3. The molecule has 2 rings (SSSR count). The molecule has 16 heavy (non-hydrogen) atoms. The predicted octanol–water partition coefficient (Wildman–Crippen LogP) is 4.29. The van der Waals surface area contributed by atoms with Gasteiger partial charge in [0.1, 0.15) is 0 Å². The SMILES string of the molecule is CC1C=CC(c2ccc(C(F)(F)F)cc2)=C1. The lowest BCUT2D eigenvalue weighted by atomic mass is 10.0. The van der Waals surface area contributed by atoms with Gasteiger partial charge in [-0.3, -0.25) is 0 Å². The van der Waals surface area contributed by atoms with Crippen LogP contribution in [0.2, 0.25) is 0 Å². The maximum Gasteiger partial charge on any atom is 0.416 e. The average Bonchev–Trinajstić information content (AvgIpc) is 2.64. The van der Waals surface area contributed by atoms with Crippen molar-refractivity contribution in [2.24, 2.45) is 5.92 Å². The number of hydrogen-bond acceptors (Lipinski definition) is 0. The molecule has 1 unspecified atom stereocenters. The molecule has 0 heterocycles. The van der Waals surface area contributed by atoms with Crippen LogP contribution in [-0.2, 0) is 6.18 Å². The summed E-state index contributed by atoms with van der Waals surface area (Å²) in [6.45, 7) is 2.04. The molecule has 3 heteroatoms. The van der Waals surface area contributed by atoms with Crippen molar-refractivity contribution in [3.8, 4) is 0 Å². The van der Waals surface area contributed by atoms with Crippen LogP contribution in [0.3, 0.4) is 0 Å². The van der Waals surface area contributed by atoms with Gasteiger partial charge >= 0.3 is 6.18 Å². The van der Waals surface area contributed by atoms with E-state index in [0.29, 0.717) is 5.92 Å². The maximum absolute atomic E-state index is 12.3. The van der Waals surface area contributed by atoms with E-state index in [9.17, 15) is 13.2 Å². The fourth-order valence-electron chi connectivity index (χ4n) is 1.69. The number of benzene rings is 1. The van der Waals surface area contributed by atoms with Crippen LogP contribution < -0.4 is 0 Å². The average molecular weight is 224 g/mol.